The van der Waals surface area contributed by atoms with Gasteiger partial charge in [0.15, 0.2) is 0 Å². The first-order valence-electron chi connectivity index (χ1n) is 7.40. The zero-order valence-electron chi connectivity index (χ0n) is 12.4. The lowest BCUT2D eigenvalue weighted by atomic mass is 9.97. The molecule has 1 unspecified atom stereocenters. The Bertz CT molecular complexity index is 707. The van der Waals surface area contributed by atoms with Crippen molar-refractivity contribution >= 4 is 17.5 Å². The van der Waals surface area contributed by atoms with E-state index in [1.165, 1.54) is 0 Å². The van der Waals surface area contributed by atoms with Crippen LogP contribution in [0.5, 0.6) is 0 Å². The highest BCUT2D eigenvalue weighted by Crippen LogP contribution is 2.33. The molecule has 0 aliphatic carbocycles. The van der Waals surface area contributed by atoms with Gasteiger partial charge in [-0.15, -0.1) is 0 Å². The van der Waals surface area contributed by atoms with E-state index in [1.54, 1.807) is 0 Å². The van der Waals surface area contributed by atoms with Crippen molar-refractivity contribution in [2.45, 2.75) is 19.3 Å². The maximum Gasteiger partial charge on any atom is 0.251 e. The summed E-state index contributed by atoms with van der Waals surface area (Å²) in [6, 6.07) is 15.1. The average Bonchev–Trinajstić information content (AvgIpc) is 2.84. The molecule has 0 bridgehead atoms. The minimum Gasteiger partial charge on any atom is -0.352 e. The van der Waals surface area contributed by atoms with Gasteiger partial charge in [0, 0.05) is 17.8 Å². The predicted octanol–water partition coefficient (Wildman–Crippen LogP) is 2.85. The number of nitrogens with one attached hydrogen (secondary N) is 2. The molecule has 0 radical (unpaired) electrons. The zero-order chi connectivity index (χ0) is 15.5. The summed E-state index contributed by atoms with van der Waals surface area (Å²) in [5.41, 5.74) is 3.65. The first kappa shape index (κ1) is 14.3. The van der Waals surface area contributed by atoms with Crippen LogP contribution in [0, 0.1) is 6.92 Å². The number of hydrogen-bond donors (Lipinski definition) is 2. The summed E-state index contributed by atoms with van der Waals surface area (Å²) in [7, 11) is 0. The van der Waals surface area contributed by atoms with Crippen LogP contribution >= 0.6 is 0 Å². The van der Waals surface area contributed by atoms with Gasteiger partial charge in [0.05, 0.1) is 5.92 Å². The molecule has 1 atom stereocenters. The molecule has 0 fully saturated rings. The number of hydrogen-bond acceptors (Lipinski definition) is 2. The molecule has 0 aromatic heterocycles. The molecule has 1 heterocycles. The lowest BCUT2D eigenvalue weighted by molar-refractivity contribution is -0.117. The molecule has 22 heavy (non-hydrogen) atoms. The van der Waals surface area contributed by atoms with Gasteiger partial charge < -0.3 is 10.6 Å². The molecule has 0 spiro atoms. The van der Waals surface area contributed by atoms with Crippen LogP contribution in [0.1, 0.15) is 33.8 Å². The lowest BCUT2D eigenvalue weighted by Crippen LogP contribution is -2.26. The van der Waals surface area contributed by atoms with Crippen LogP contribution in [0.4, 0.5) is 5.69 Å². The highest BCUT2D eigenvalue weighted by Gasteiger charge is 2.29. The molecule has 2 N–H and O–H groups in total. The fraction of sp³-hybridized carbons (Fsp3) is 0.222. The number of para-hydroxylation sites is 1. The van der Waals surface area contributed by atoms with Crippen molar-refractivity contribution in [3.05, 3.63) is 65.2 Å². The first-order chi connectivity index (χ1) is 10.6. The predicted molar refractivity (Wildman–Crippen MR) is 85.9 cm³/mol. The standard InChI is InChI=1S/C18H18N2O2/c1-12-6-8-13(9-7-12)17(21)19-11-10-15-14-4-2-3-5-16(14)20-18(15)22/h2-9,15H,10-11H2,1H3,(H,19,21)(H,20,22). The number of carbonyl (C=O) groups is 2. The van der Waals surface area contributed by atoms with Gasteiger partial charge in [0.2, 0.25) is 5.91 Å². The third-order valence-electron chi connectivity index (χ3n) is 3.94. The molecular weight excluding hydrogens is 276 g/mol. The van der Waals surface area contributed by atoms with Gasteiger partial charge in [-0.05, 0) is 37.1 Å². The molecule has 2 aromatic carbocycles. The SMILES string of the molecule is Cc1ccc(C(=O)NCCC2C(=O)Nc3ccccc32)cc1. The smallest absolute Gasteiger partial charge is 0.251 e. The van der Waals surface area contributed by atoms with E-state index in [9.17, 15) is 9.59 Å². The molecule has 0 saturated heterocycles. The van der Waals surface area contributed by atoms with Gasteiger partial charge in [-0.1, -0.05) is 35.9 Å². The second kappa shape index (κ2) is 6.02. The summed E-state index contributed by atoms with van der Waals surface area (Å²) in [5.74, 6) is -0.285. The summed E-state index contributed by atoms with van der Waals surface area (Å²) >= 11 is 0. The van der Waals surface area contributed by atoms with Gasteiger partial charge in [-0.2, -0.15) is 0 Å². The third-order valence-corrected chi connectivity index (χ3v) is 3.94. The van der Waals surface area contributed by atoms with E-state index >= 15 is 0 Å². The van der Waals surface area contributed by atoms with E-state index in [0.29, 0.717) is 18.5 Å². The van der Waals surface area contributed by atoms with Gasteiger partial charge in [0.1, 0.15) is 0 Å². The quantitative estimate of drug-likeness (QED) is 0.911. The number of benzene rings is 2. The van der Waals surface area contributed by atoms with E-state index in [1.807, 2.05) is 55.5 Å². The maximum atomic E-state index is 12.0. The van der Waals surface area contributed by atoms with Crippen LogP contribution in [-0.4, -0.2) is 18.4 Å². The highest BCUT2D eigenvalue weighted by atomic mass is 16.2. The average molecular weight is 294 g/mol. The Morgan fingerprint density at radius 3 is 2.64 bits per heavy atom. The van der Waals surface area contributed by atoms with Crippen molar-refractivity contribution in [2.75, 3.05) is 11.9 Å². The number of anilines is 1. The van der Waals surface area contributed by atoms with E-state index in [2.05, 4.69) is 10.6 Å². The van der Waals surface area contributed by atoms with E-state index in [4.69, 9.17) is 0 Å². The molecule has 0 saturated carbocycles. The highest BCUT2D eigenvalue weighted by molar-refractivity contribution is 6.02. The minimum atomic E-state index is -0.186. The van der Waals surface area contributed by atoms with Crippen molar-refractivity contribution in [3.63, 3.8) is 0 Å². The fourth-order valence-corrected chi connectivity index (χ4v) is 2.70. The van der Waals surface area contributed by atoms with Crippen molar-refractivity contribution in [2.24, 2.45) is 0 Å². The normalized spacial score (nSPS) is 16.0. The zero-order valence-corrected chi connectivity index (χ0v) is 12.4. The molecule has 3 rings (SSSR count). The Labute approximate surface area is 129 Å². The molecule has 1 aliphatic heterocycles. The van der Waals surface area contributed by atoms with Crippen molar-refractivity contribution < 1.29 is 9.59 Å². The number of amides is 2. The first-order valence-corrected chi connectivity index (χ1v) is 7.40. The molecule has 2 amide bonds. The number of aryl methyl sites for hydroxylation is 1. The van der Waals surface area contributed by atoms with Gasteiger partial charge in [-0.3, -0.25) is 9.59 Å². The molecule has 1 aliphatic rings. The Balaban J connectivity index is 1.58. The Hall–Kier alpha value is -2.62. The van der Waals surface area contributed by atoms with Crippen molar-refractivity contribution in [3.8, 4) is 0 Å². The lowest BCUT2D eigenvalue weighted by Gasteiger charge is -2.10. The van der Waals surface area contributed by atoms with Crippen LogP contribution in [0.3, 0.4) is 0 Å². The van der Waals surface area contributed by atoms with Gasteiger partial charge >= 0.3 is 0 Å². The molecule has 4 heteroatoms. The number of carbonyl (C=O) groups excluding carboxylic acids is 2. The van der Waals surface area contributed by atoms with Crippen LogP contribution in [0.25, 0.3) is 0 Å². The van der Waals surface area contributed by atoms with Crippen molar-refractivity contribution in [1.82, 2.24) is 5.32 Å². The summed E-state index contributed by atoms with van der Waals surface area (Å²) < 4.78 is 0. The Kier molecular flexibility index (Phi) is 3.92. The van der Waals surface area contributed by atoms with Gasteiger partial charge in [0.25, 0.3) is 5.91 Å². The Morgan fingerprint density at radius 2 is 1.86 bits per heavy atom. The summed E-state index contributed by atoms with van der Waals surface area (Å²) in [4.78, 5) is 24.0. The summed E-state index contributed by atoms with van der Waals surface area (Å²) in [6.45, 7) is 2.46. The van der Waals surface area contributed by atoms with E-state index < -0.39 is 0 Å². The second-order valence-corrected chi connectivity index (χ2v) is 5.54. The topological polar surface area (TPSA) is 58.2 Å². The fourth-order valence-electron chi connectivity index (χ4n) is 2.70. The van der Waals surface area contributed by atoms with Crippen LogP contribution in [0.15, 0.2) is 48.5 Å². The van der Waals surface area contributed by atoms with Crippen LogP contribution < -0.4 is 10.6 Å². The molecule has 2 aromatic rings. The maximum absolute atomic E-state index is 12.0. The molecule has 4 nitrogen and oxygen atoms in total. The number of rotatable bonds is 4. The minimum absolute atomic E-state index is 0.00536. The van der Waals surface area contributed by atoms with E-state index in [-0.39, 0.29) is 17.7 Å². The van der Waals surface area contributed by atoms with E-state index in [0.717, 1.165) is 16.8 Å². The largest absolute Gasteiger partial charge is 0.352 e. The molecule has 112 valence electrons. The number of fused-ring (bicyclic) bond motifs is 1. The van der Waals surface area contributed by atoms with Gasteiger partial charge in [-0.25, -0.2) is 0 Å². The summed E-state index contributed by atoms with van der Waals surface area (Å²) in [5, 5.41) is 5.75. The third kappa shape index (κ3) is 2.86. The summed E-state index contributed by atoms with van der Waals surface area (Å²) in [6.07, 6.45) is 0.598. The van der Waals surface area contributed by atoms with Crippen LogP contribution in [-0.2, 0) is 4.79 Å². The van der Waals surface area contributed by atoms with Crippen LogP contribution in [0.2, 0.25) is 0 Å². The second-order valence-electron chi connectivity index (χ2n) is 5.54. The monoisotopic (exact) mass is 294 g/mol. The Morgan fingerprint density at radius 1 is 1.14 bits per heavy atom. The molecular formula is C18H18N2O2. The van der Waals surface area contributed by atoms with Crippen molar-refractivity contribution in [1.29, 1.82) is 0 Å².